The third kappa shape index (κ3) is 3.51. The van der Waals surface area contributed by atoms with Crippen molar-refractivity contribution in [2.24, 2.45) is 0 Å². The van der Waals surface area contributed by atoms with E-state index in [4.69, 9.17) is 16.3 Å². The fourth-order valence-electron chi connectivity index (χ4n) is 2.54. The van der Waals surface area contributed by atoms with Gasteiger partial charge in [0.25, 0.3) is 0 Å². The summed E-state index contributed by atoms with van der Waals surface area (Å²) in [5.74, 6) is 1.64. The number of nitrogens with one attached hydrogen (secondary N) is 2. The second-order valence-corrected chi connectivity index (χ2v) is 5.74. The molecule has 0 saturated heterocycles. The monoisotopic (exact) mass is 342 g/mol. The quantitative estimate of drug-likeness (QED) is 0.698. The first kappa shape index (κ1) is 16.3. The van der Waals surface area contributed by atoms with Crippen LogP contribution in [0.25, 0.3) is 10.9 Å². The van der Waals surface area contributed by atoms with Gasteiger partial charge in [-0.1, -0.05) is 23.7 Å². The van der Waals surface area contributed by atoms with Gasteiger partial charge in [-0.25, -0.2) is 9.97 Å². The molecule has 0 aliphatic carbocycles. The molecule has 0 aliphatic heterocycles. The highest BCUT2D eigenvalue weighted by molar-refractivity contribution is 6.32. The van der Waals surface area contributed by atoms with E-state index in [1.807, 2.05) is 43.3 Å². The Labute approximate surface area is 146 Å². The second-order valence-electron chi connectivity index (χ2n) is 5.30. The van der Waals surface area contributed by atoms with Crippen molar-refractivity contribution in [3.8, 4) is 5.75 Å². The number of anilines is 2. The molecule has 2 N–H and O–H groups in total. The Bertz CT molecular complexity index is 836. The van der Waals surface area contributed by atoms with Crippen molar-refractivity contribution in [3.05, 3.63) is 53.3 Å². The number of halogens is 1. The van der Waals surface area contributed by atoms with Crippen molar-refractivity contribution in [2.75, 3.05) is 24.3 Å². The molecule has 5 nitrogen and oxygen atoms in total. The highest BCUT2D eigenvalue weighted by atomic mass is 35.5. The lowest BCUT2D eigenvalue weighted by molar-refractivity contribution is 0.414. The van der Waals surface area contributed by atoms with Crippen LogP contribution in [0, 0.1) is 0 Å². The molecule has 2 aromatic carbocycles. The Hall–Kier alpha value is -2.53. The highest BCUT2D eigenvalue weighted by Crippen LogP contribution is 2.31. The third-order valence-electron chi connectivity index (χ3n) is 3.69. The molecule has 0 amide bonds. The van der Waals surface area contributed by atoms with Crippen molar-refractivity contribution >= 4 is 34.0 Å². The largest absolute Gasteiger partial charge is 0.497 e. The average molecular weight is 343 g/mol. The topological polar surface area (TPSA) is 59.1 Å². The summed E-state index contributed by atoms with van der Waals surface area (Å²) in [4.78, 5) is 8.67. The number of hydrogen-bond acceptors (Lipinski definition) is 5. The predicted molar refractivity (Wildman–Crippen MR) is 99.0 cm³/mol. The number of benzene rings is 2. The van der Waals surface area contributed by atoms with Crippen LogP contribution in [0.3, 0.4) is 0 Å². The average Bonchev–Trinajstić information content (AvgIpc) is 2.60. The van der Waals surface area contributed by atoms with E-state index < -0.39 is 0 Å². The molecule has 0 radical (unpaired) electrons. The molecule has 0 saturated carbocycles. The van der Waals surface area contributed by atoms with E-state index in [2.05, 4.69) is 20.6 Å². The number of hydrogen-bond donors (Lipinski definition) is 2. The van der Waals surface area contributed by atoms with Crippen molar-refractivity contribution in [3.63, 3.8) is 0 Å². The molecule has 6 heteroatoms. The minimum absolute atomic E-state index is 0.640. The number of aromatic nitrogens is 2. The number of methoxy groups -OCH3 is 1. The number of nitrogens with zero attached hydrogens (tertiary/aromatic N) is 2. The van der Waals surface area contributed by atoms with Crippen molar-refractivity contribution in [1.82, 2.24) is 9.97 Å². The molecule has 1 heterocycles. The number of rotatable bonds is 6. The van der Waals surface area contributed by atoms with E-state index in [9.17, 15) is 0 Å². The number of ether oxygens (including phenoxy) is 1. The van der Waals surface area contributed by atoms with Crippen LogP contribution in [0.1, 0.15) is 12.5 Å². The molecule has 0 atom stereocenters. The molecule has 0 bridgehead atoms. The lowest BCUT2D eigenvalue weighted by Gasteiger charge is -2.14. The Morgan fingerprint density at radius 1 is 1.08 bits per heavy atom. The molecule has 124 valence electrons. The minimum Gasteiger partial charge on any atom is -0.497 e. The van der Waals surface area contributed by atoms with E-state index >= 15 is 0 Å². The first-order chi connectivity index (χ1) is 11.7. The van der Waals surface area contributed by atoms with E-state index in [1.165, 1.54) is 0 Å². The van der Waals surface area contributed by atoms with Crippen molar-refractivity contribution in [1.29, 1.82) is 0 Å². The first-order valence-corrected chi connectivity index (χ1v) is 8.14. The van der Waals surface area contributed by atoms with Gasteiger partial charge in [-0.3, -0.25) is 0 Å². The molecular formula is C18H19ClN4O. The summed E-state index contributed by atoms with van der Waals surface area (Å²) in [7, 11) is 1.66. The SMILES string of the molecule is CCNc1ncnc2cc(Cl)cc(NCc3ccc(OC)cc3)c12. The van der Waals surface area contributed by atoms with Crippen LogP contribution in [-0.4, -0.2) is 23.6 Å². The van der Waals surface area contributed by atoms with Crippen LogP contribution < -0.4 is 15.4 Å². The summed E-state index contributed by atoms with van der Waals surface area (Å²) < 4.78 is 5.19. The Morgan fingerprint density at radius 3 is 2.58 bits per heavy atom. The molecular weight excluding hydrogens is 324 g/mol. The first-order valence-electron chi connectivity index (χ1n) is 7.76. The standard InChI is InChI=1S/C18H19ClN4O/c1-3-20-18-17-15(8-13(19)9-16(17)22-11-23-18)21-10-12-4-6-14(24-2)7-5-12/h4-9,11,21H,3,10H2,1-2H3,(H,20,22,23). The maximum absolute atomic E-state index is 6.24. The maximum Gasteiger partial charge on any atom is 0.139 e. The van der Waals surface area contributed by atoms with Gasteiger partial charge in [0.1, 0.15) is 17.9 Å². The molecule has 0 spiro atoms. The zero-order valence-electron chi connectivity index (χ0n) is 13.6. The molecule has 0 aliphatic rings. The van der Waals surface area contributed by atoms with Gasteiger partial charge < -0.3 is 15.4 Å². The van der Waals surface area contributed by atoms with Crippen LogP contribution >= 0.6 is 11.6 Å². The summed E-state index contributed by atoms with van der Waals surface area (Å²) in [6, 6.07) is 11.7. The van der Waals surface area contributed by atoms with E-state index in [0.717, 1.165) is 40.3 Å². The molecule has 3 rings (SSSR count). The lowest BCUT2D eigenvalue weighted by atomic mass is 10.1. The Kier molecular flexibility index (Phi) is 5.01. The van der Waals surface area contributed by atoms with Gasteiger partial charge in [0.05, 0.1) is 18.0 Å². The van der Waals surface area contributed by atoms with Gasteiger partial charge in [-0.15, -0.1) is 0 Å². The van der Waals surface area contributed by atoms with Gasteiger partial charge in [-0.2, -0.15) is 0 Å². The van der Waals surface area contributed by atoms with Gasteiger partial charge in [0.15, 0.2) is 0 Å². The van der Waals surface area contributed by atoms with Gasteiger partial charge in [0, 0.05) is 23.8 Å². The lowest BCUT2D eigenvalue weighted by Crippen LogP contribution is -2.05. The van der Waals surface area contributed by atoms with Crippen LogP contribution in [0.2, 0.25) is 5.02 Å². The predicted octanol–water partition coefficient (Wildman–Crippen LogP) is 4.34. The summed E-state index contributed by atoms with van der Waals surface area (Å²) in [6.07, 6.45) is 1.55. The van der Waals surface area contributed by atoms with E-state index in [-0.39, 0.29) is 0 Å². The van der Waals surface area contributed by atoms with Crippen molar-refractivity contribution in [2.45, 2.75) is 13.5 Å². The second kappa shape index (κ2) is 7.36. The van der Waals surface area contributed by atoms with E-state index in [1.54, 1.807) is 13.4 Å². The fraction of sp³-hybridized carbons (Fsp3) is 0.222. The molecule has 1 aromatic heterocycles. The summed E-state index contributed by atoms with van der Waals surface area (Å²) in [5.41, 5.74) is 2.86. The molecule has 24 heavy (non-hydrogen) atoms. The maximum atomic E-state index is 6.24. The summed E-state index contributed by atoms with van der Waals surface area (Å²) in [5, 5.41) is 8.29. The fourth-order valence-corrected chi connectivity index (χ4v) is 2.75. The minimum atomic E-state index is 0.640. The molecule has 3 aromatic rings. The van der Waals surface area contributed by atoms with Crippen LogP contribution in [-0.2, 0) is 6.54 Å². The summed E-state index contributed by atoms with van der Waals surface area (Å²) >= 11 is 6.24. The van der Waals surface area contributed by atoms with Crippen LogP contribution in [0.15, 0.2) is 42.7 Å². The normalized spacial score (nSPS) is 10.6. The zero-order valence-corrected chi connectivity index (χ0v) is 14.4. The van der Waals surface area contributed by atoms with Gasteiger partial charge in [0.2, 0.25) is 0 Å². The zero-order chi connectivity index (χ0) is 16.9. The van der Waals surface area contributed by atoms with Crippen LogP contribution in [0.5, 0.6) is 5.75 Å². The third-order valence-corrected chi connectivity index (χ3v) is 3.91. The summed E-state index contributed by atoms with van der Waals surface area (Å²) in [6.45, 7) is 3.49. The van der Waals surface area contributed by atoms with Crippen LogP contribution in [0.4, 0.5) is 11.5 Å². The van der Waals surface area contributed by atoms with Gasteiger partial charge >= 0.3 is 0 Å². The van der Waals surface area contributed by atoms with Gasteiger partial charge in [-0.05, 0) is 36.8 Å². The smallest absolute Gasteiger partial charge is 0.139 e. The highest BCUT2D eigenvalue weighted by Gasteiger charge is 2.10. The van der Waals surface area contributed by atoms with Crippen molar-refractivity contribution < 1.29 is 4.74 Å². The molecule has 0 unspecified atom stereocenters. The Balaban J connectivity index is 1.92. The molecule has 0 fully saturated rings. The van der Waals surface area contributed by atoms with E-state index in [0.29, 0.717) is 11.6 Å². The number of fused-ring (bicyclic) bond motifs is 1. The Morgan fingerprint density at radius 2 is 1.88 bits per heavy atom.